The van der Waals surface area contributed by atoms with Crippen LogP contribution >= 0.6 is 0 Å². The van der Waals surface area contributed by atoms with E-state index in [1.165, 1.54) is 78.1 Å². The fourth-order valence-electron chi connectivity index (χ4n) is 2.19. The number of unbranched alkanes of at least 4 members (excludes halogenated alkanes) is 10. The van der Waals surface area contributed by atoms with Crippen LogP contribution in [0.15, 0.2) is 24.3 Å². The zero-order valence-corrected chi connectivity index (χ0v) is 22.3. The third-order valence-corrected chi connectivity index (χ3v) is 8.15. The van der Waals surface area contributed by atoms with E-state index in [9.17, 15) is 19.8 Å². The molecule has 5 heteroatoms. The summed E-state index contributed by atoms with van der Waals surface area (Å²) in [7, 11) is 0. The maximum atomic E-state index is 9.49. The van der Waals surface area contributed by atoms with Crippen LogP contribution in [0.1, 0.15) is 105 Å². The molecule has 0 bridgehead atoms. The van der Waals surface area contributed by atoms with Crippen molar-refractivity contribution in [2.24, 2.45) is 0 Å². The predicted molar refractivity (Wildman–Crippen MR) is 122 cm³/mol. The second-order valence-electron chi connectivity index (χ2n) is 7.42. The van der Waals surface area contributed by atoms with Crippen LogP contribution in [0, 0.1) is 0 Å². The van der Waals surface area contributed by atoms with E-state index in [1.807, 2.05) is 0 Å². The molecule has 0 radical (unpaired) electrons. The Hall–Kier alpha value is -0.781. The van der Waals surface area contributed by atoms with Crippen molar-refractivity contribution in [3.05, 3.63) is 24.3 Å². The Labute approximate surface area is 190 Å². The zero-order valence-electron chi connectivity index (χ0n) is 19.4. The molecule has 168 valence electrons. The van der Waals surface area contributed by atoms with E-state index in [4.69, 9.17) is 0 Å². The molecule has 0 rings (SSSR count). The van der Waals surface area contributed by atoms with Crippen LogP contribution in [0.25, 0.3) is 0 Å². The Morgan fingerprint density at radius 3 is 1.10 bits per heavy atom. The van der Waals surface area contributed by atoms with E-state index in [-0.39, 0.29) is 32.3 Å². The minimum absolute atomic E-state index is 0.0648. The molecule has 0 fully saturated rings. The summed E-state index contributed by atoms with van der Waals surface area (Å²) in [5, 5.41) is 19.0. The van der Waals surface area contributed by atoms with Crippen molar-refractivity contribution in [1.82, 2.24) is 0 Å². The fraction of sp³-hybridized carbons (Fsp3) is 0.750. The molecule has 0 spiro atoms. The van der Waals surface area contributed by atoms with E-state index in [0.29, 0.717) is 0 Å². The van der Waals surface area contributed by atoms with Gasteiger partial charge >= 0.3 is 121 Å². The third kappa shape index (κ3) is 38.4. The Bertz CT molecular complexity index is 357. The minimum atomic E-state index is -1.19. The first-order valence-electron chi connectivity index (χ1n) is 11.1. The van der Waals surface area contributed by atoms with Gasteiger partial charge in [-0.15, -0.1) is 0 Å². The van der Waals surface area contributed by atoms with Gasteiger partial charge in [0.05, 0.1) is 11.9 Å². The molecular formula is C24H44O4Sn. The summed E-state index contributed by atoms with van der Waals surface area (Å²) >= 11 is 0.0736. The molecule has 0 aromatic heterocycles. The van der Waals surface area contributed by atoms with Crippen molar-refractivity contribution in [1.29, 1.82) is 0 Å². The zero-order chi connectivity index (χ0) is 22.9. The normalized spacial score (nSPS) is 9.24. The molecule has 0 aromatic rings. The second kappa shape index (κ2) is 27.2. The first-order chi connectivity index (χ1) is 13.7. The summed E-state index contributed by atoms with van der Waals surface area (Å²) in [4.78, 5) is 19.0. The number of rotatable bonds is 16. The van der Waals surface area contributed by atoms with Gasteiger partial charge in [0.25, 0.3) is 0 Å². The van der Waals surface area contributed by atoms with E-state index in [1.54, 1.807) is 21.7 Å². The summed E-state index contributed by atoms with van der Waals surface area (Å²) in [6, 6.07) is 0. The molecule has 0 unspecified atom stereocenters. The predicted octanol–water partition coefficient (Wildman–Crippen LogP) is 4.87. The topological polar surface area (TPSA) is 80.3 Å². The number of carbonyl (C=O) groups is 2. The summed E-state index contributed by atoms with van der Waals surface area (Å²) in [5.74, 6) is -2.37. The van der Waals surface area contributed by atoms with E-state index < -0.39 is 11.9 Å². The van der Waals surface area contributed by atoms with Gasteiger partial charge in [0.2, 0.25) is 0 Å². The van der Waals surface area contributed by atoms with Crippen molar-refractivity contribution in [2.45, 2.75) is 114 Å². The maximum absolute atomic E-state index is 9.49. The van der Waals surface area contributed by atoms with Crippen LogP contribution < -0.4 is 10.2 Å². The van der Waals surface area contributed by atoms with Gasteiger partial charge in [-0.3, -0.25) is 0 Å². The van der Waals surface area contributed by atoms with Crippen molar-refractivity contribution in [3.63, 3.8) is 0 Å². The number of carbonyl (C=O) groups excluding carboxylic acids is 2. The summed E-state index contributed by atoms with van der Waals surface area (Å²) in [6.07, 6.45) is 17.8. The molecule has 0 aliphatic carbocycles. The second-order valence-corrected chi connectivity index (χ2v) is 11.7. The summed E-state index contributed by atoms with van der Waals surface area (Å²) in [6.45, 7) is 13.6. The van der Waals surface area contributed by atoms with Crippen molar-refractivity contribution in [2.75, 3.05) is 0 Å². The molecule has 29 heavy (non-hydrogen) atoms. The molecule has 0 aliphatic rings. The fourth-order valence-corrected chi connectivity index (χ4v) is 5.75. The summed E-state index contributed by atoms with van der Waals surface area (Å²) in [5.41, 5.74) is 0.130. The Kier molecular flexibility index (Phi) is 30.9. The van der Waals surface area contributed by atoms with Gasteiger partial charge in [-0.1, -0.05) is 13.2 Å². The average molecular weight is 515 g/mol. The standard InChI is InChI=1S/2C8H17.2C4H6O2.Sn/c2*1-3-5-7-8-6-4-2;2*1-3(2)4(5)6;/h2*1,3-8H2,2H3;2*1H2,2H3,(H,5,6);/q;;;;+2/p-2. The van der Waals surface area contributed by atoms with Gasteiger partial charge in [-0.05, 0) is 25.0 Å². The van der Waals surface area contributed by atoms with Gasteiger partial charge < -0.3 is 19.8 Å². The van der Waals surface area contributed by atoms with Crippen molar-refractivity contribution < 1.29 is 19.8 Å². The van der Waals surface area contributed by atoms with Crippen LogP contribution in [-0.2, 0) is 9.59 Å². The molecule has 0 amide bonds. The summed E-state index contributed by atoms with van der Waals surface area (Å²) < 4.78 is 3.31. The molecule has 0 aliphatic heterocycles. The van der Waals surface area contributed by atoms with Crippen molar-refractivity contribution in [3.8, 4) is 0 Å². The van der Waals surface area contributed by atoms with Gasteiger partial charge in [0, 0.05) is 0 Å². The van der Waals surface area contributed by atoms with Crippen LogP contribution in [0.4, 0.5) is 0 Å². The van der Waals surface area contributed by atoms with Crippen LogP contribution in [0.2, 0.25) is 8.87 Å². The van der Waals surface area contributed by atoms with Gasteiger partial charge in [-0.2, -0.15) is 0 Å². The van der Waals surface area contributed by atoms with Gasteiger partial charge in [-0.25, -0.2) is 0 Å². The van der Waals surface area contributed by atoms with Crippen molar-refractivity contribution >= 4 is 33.1 Å². The number of carboxylic acids is 2. The van der Waals surface area contributed by atoms with Crippen LogP contribution in [0.3, 0.4) is 0 Å². The first-order valence-corrected chi connectivity index (χ1v) is 15.2. The SMILES string of the molecule is C=C(C)C(=O)[O-].C=C(C)C(=O)[O-].CCCCCCC[CH2][Sn+2][CH2]CCCCCCC. The van der Waals surface area contributed by atoms with E-state index >= 15 is 0 Å². The van der Waals surface area contributed by atoms with Gasteiger partial charge in [0.1, 0.15) is 0 Å². The monoisotopic (exact) mass is 516 g/mol. The molecule has 4 nitrogen and oxygen atoms in total. The number of hydrogen-bond acceptors (Lipinski definition) is 4. The van der Waals surface area contributed by atoms with Gasteiger partial charge in [0.15, 0.2) is 0 Å². The Morgan fingerprint density at radius 2 is 0.862 bits per heavy atom. The molecule has 0 heterocycles. The Morgan fingerprint density at radius 1 is 0.621 bits per heavy atom. The molecule has 0 aromatic carbocycles. The first kappa shape index (κ1) is 32.9. The number of aliphatic carboxylic acids is 2. The quantitative estimate of drug-likeness (QED) is 0.167. The number of hydrogen-bond donors (Lipinski definition) is 0. The molecular weight excluding hydrogens is 471 g/mol. The molecule has 0 N–H and O–H groups in total. The third-order valence-electron chi connectivity index (χ3n) is 4.11. The van der Waals surface area contributed by atoms with E-state index in [0.717, 1.165) is 0 Å². The van der Waals surface area contributed by atoms with Crippen LogP contribution in [0.5, 0.6) is 0 Å². The number of carboxylic acid groups (broad SMARTS) is 2. The average Bonchev–Trinajstić information content (AvgIpc) is 2.66. The molecule has 0 saturated carbocycles. The van der Waals surface area contributed by atoms with E-state index in [2.05, 4.69) is 27.0 Å². The Balaban J connectivity index is -0.000000460. The molecule has 0 atom stereocenters. The van der Waals surface area contributed by atoms with Crippen LogP contribution in [-0.4, -0.2) is 33.1 Å². The molecule has 0 saturated heterocycles.